The molecule has 0 aliphatic heterocycles. The first kappa shape index (κ1) is 36.2. The summed E-state index contributed by atoms with van der Waals surface area (Å²) >= 11 is 3.61. The van der Waals surface area contributed by atoms with Crippen LogP contribution in [0.2, 0.25) is 0 Å². The maximum absolute atomic E-state index is 8.12. The average molecular weight is 499 g/mol. The molecule has 0 atom stereocenters. The predicted molar refractivity (Wildman–Crippen MR) is 128 cm³/mol. The van der Waals surface area contributed by atoms with Gasteiger partial charge in [0, 0.05) is 28.5 Å². The Morgan fingerprint density at radius 2 is 1.26 bits per heavy atom. The Balaban J connectivity index is -0.000000430. The number of rotatable bonds is 4. The van der Waals surface area contributed by atoms with E-state index in [0.29, 0.717) is 13.2 Å². The van der Waals surface area contributed by atoms with Crippen LogP contribution in [0.25, 0.3) is 20.2 Å². The second kappa shape index (κ2) is 21.2. The Hall–Kier alpha value is -2.40. The monoisotopic (exact) mass is 498 g/mol. The van der Waals surface area contributed by atoms with Crippen molar-refractivity contribution in [2.45, 2.75) is 27.6 Å². The SMILES string of the molecule is C.COCc1cccc2cc(C)sc12.COCc1cccc2ccsc12.O=C=O.O=C=O.[Li+].[OH-]. The van der Waals surface area contributed by atoms with Gasteiger partial charge in [-0.25, -0.2) is 0 Å². The third kappa shape index (κ3) is 11.6. The van der Waals surface area contributed by atoms with Gasteiger partial charge >= 0.3 is 31.2 Å². The number of ether oxygens (including phenoxy) is 2. The fraction of sp³-hybridized carbons (Fsp3) is 0.250. The van der Waals surface area contributed by atoms with Crippen LogP contribution in [0, 0.1) is 6.92 Å². The van der Waals surface area contributed by atoms with Crippen LogP contribution in [0.15, 0.2) is 53.9 Å². The molecule has 0 unspecified atom stereocenters. The van der Waals surface area contributed by atoms with Gasteiger partial charge in [0.2, 0.25) is 0 Å². The van der Waals surface area contributed by atoms with Gasteiger partial charge < -0.3 is 14.9 Å². The van der Waals surface area contributed by atoms with Crippen LogP contribution in [-0.4, -0.2) is 32.0 Å². The first-order valence-electron chi connectivity index (χ1n) is 8.95. The van der Waals surface area contributed by atoms with E-state index in [1.54, 1.807) is 25.6 Å². The van der Waals surface area contributed by atoms with Gasteiger partial charge in [0.1, 0.15) is 0 Å². The third-order valence-corrected chi connectivity index (χ3v) is 6.06. The van der Waals surface area contributed by atoms with Crippen LogP contribution in [0.1, 0.15) is 23.4 Å². The van der Waals surface area contributed by atoms with Gasteiger partial charge in [-0.3, -0.25) is 0 Å². The first-order valence-corrected chi connectivity index (χ1v) is 10.6. The zero-order chi connectivity index (χ0) is 23.1. The third-order valence-electron chi connectivity index (χ3n) is 3.91. The molecule has 0 saturated carbocycles. The molecular formula is C24H27LiO7S2. The summed E-state index contributed by atoms with van der Waals surface area (Å²) in [4.78, 5) is 33.9. The molecule has 0 aliphatic carbocycles. The van der Waals surface area contributed by atoms with E-state index in [9.17, 15) is 0 Å². The number of hydrogen-bond donors (Lipinski definition) is 0. The van der Waals surface area contributed by atoms with Crippen molar-refractivity contribution in [3.05, 3.63) is 69.9 Å². The number of thiophene rings is 2. The van der Waals surface area contributed by atoms with Crippen LogP contribution in [0.5, 0.6) is 0 Å². The van der Waals surface area contributed by atoms with Crippen LogP contribution in [0.3, 0.4) is 0 Å². The molecule has 0 amide bonds. The number of carbonyl (C=O) groups excluding carboxylic acids is 4. The molecule has 0 fully saturated rings. The van der Waals surface area contributed by atoms with Gasteiger partial charge in [-0.05, 0) is 46.3 Å². The Morgan fingerprint density at radius 3 is 1.76 bits per heavy atom. The Morgan fingerprint density at radius 1 is 0.794 bits per heavy atom. The minimum absolute atomic E-state index is 0. The molecule has 2 aromatic heterocycles. The van der Waals surface area contributed by atoms with Gasteiger partial charge in [-0.1, -0.05) is 43.8 Å². The topological polar surface area (TPSA) is 117 Å². The molecule has 7 nitrogen and oxygen atoms in total. The fourth-order valence-corrected chi connectivity index (χ4v) is 4.76. The minimum Gasteiger partial charge on any atom is -0.870 e. The summed E-state index contributed by atoms with van der Waals surface area (Å²) in [6.07, 6.45) is 0.500. The van der Waals surface area contributed by atoms with Crippen molar-refractivity contribution in [1.82, 2.24) is 0 Å². The second-order valence-corrected chi connectivity index (χ2v) is 8.15. The number of fused-ring (bicyclic) bond motifs is 2. The van der Waals surface area contributed by atoms with E-state index in [4.69, 9.17) is 28.7 Å². The summed E-state index contributed by atoms with van der Waals surface area (Å²) in [5.41, 5.74) is 2.57. The van der Waals surface area contributed by atoms with Crippen molar-refractivity contribution in [2.24, 2.45) is 0 Å². The summed E-state index contributed by atoms with van der Waals surface area (Å²) in [5, 5.41) is 4.76. The van der Waals surface area contributed by atoms with Crippen molar-refractivity contribution >= 4 is 55.1 Å². The standard InChI is InChI=1S/C11H12OS.C10H10OS.2CO2.CH4.Li.H2O/c1-8-6-9-4-3-5-10(7-12-2)11(9)13-8;1-11-7-9-4-2-3-8-5-6-12-10(8)9;2*2-1-3;;;/h3-6H,7H2,1-2H3;2-6H,7H2,1H3;;;1H4;;1H2/q;;;;;+1;/p-1. The number of hydrogen-bond acceptors (Lipinski definition) is 9. The predicted octanol–water partition coefficient (Wildman–Crippen LogP) is 2.70. The molecular weight excluding hydrogens is 471 g/mol. The summed E-state index contributed by atoms with van der Waals surface area (Å²) in [5.74, 6) is 0. The van der Waals surface area contributed by atoms with E-state index in [1.807, 2.05) is 11.3 Å². The van der Waals surface area contributed by atoms with Crippen molar-refractivity contribution in [3.63, 3.8) is 0 Å². The quantitative estimate of drug-likeness (QED) is 0.397. The summed E-state index contributed by atoms with van der Waals surface area (Å²) in [6, 6.07) is 17.0. The van der Waals surface area contributed by atoms with Gasteiger partial charge in [0.15, 0.2) is 0 Å². The molecule has 34 heavy (non-hydrogen) atoms. The van der Waals surface area contributed by atoms with Crippen molar-refractivity contribution in [3.8, 4) is 0 Å². The van der Waals surface area contributed by atoms with Crippen LogP contribution >= 0.6 is 22.7 Å². The molecule has 0 radical (unpaired) electrons. The summed E-state index contributed by atoms with van der Waals surface area (Å²) < 4.78 is 13.0. The fourth-order valence-electron chi connectivity index (χ4n) is 2.85. The molecule has 0 spiro atoms. The molecule has 2 aromatic carbocycles. The minimum atomic E-state index is 0. The molecule has 1 N–H and O–H groups in total. The van der Waals surface area contributed by atoms with E-state index in [1.165, 1.54) is 36.2 Å². The zero-order valence-corrected chi connectivity index (χ0v) is 20.5. The van der Waals surface area contributed by atoms with Gasteiger partial charge in [0.05, 0.1) is 13.2 Å². The Kier molecular flexibility index (Phi) is 22.5. The number of aryl methyl sites for hydroxylation is 1. The van der Waals surface area contributed by atoms with Gasteiger partial charge in [-0.15, -0.1) is 22.7 Å². The maximum Gasteiger partial charge on any atom is 1.00 e. The normalized spacial score (nSPS) is 8.44. The molecule has 0 saturated heterocycles. The van der Waals surface area contributed by atoms with Crippen molar-refractivity contribution in [2.75, 3.05) is 14.2 Å². The molecule has 4 rings (SSSR count). The number of methoxy groups -OCH3 is 2. The largest absolute Gasteiger partial charge is 1.00 e. The van der Waals surface area contributed by atoms with E-state index in [2.05, 4.69) is 60.8 Å². The zero-order valence-electron chi connectivity index (χ0n) is 18.8. The van der Waals surface area contributed by atoms with E-state index < -0.39 is 0 Å². The maximum atomic E-state index is 8.12. The Labute approximate surface area is 219 Å². The van der Waals surface area contributed by atoms with E-state index in [0.717, 1.165) is 0 Å². The van der Waals surface area contributed by atoms with Crippen LogP contribution < -0.4 is 18.9 Å². The van der Waals surface area contributed by atoms with Crippen LogP contribution in [0.4, 0.5) is 0 Å². The van der Waals surface area contributed by atoms with E-state index in [-0.39, 0.29) is 44.1 Å². The van der Waals surface area contributed by atoms with Gasteiger partial charge in [-0.2, -0.15) is 19.2 Å². The summed E-state index contributed by atoms with van der Waals surface area (Å²) in [7, 11) is 3.46. The smallest absolute Gasteiger partial charge is 0.870 e. The Bertz CT molecular complexity index is 1130. The van der Waals surface area contributed by atoms with E-state index >= 15 is 0 Å². The second-order valence-electron chi connectivity index (χ2n) is 5.98. The number of benzene rings is 2. The molecule has 2 heterocycles. The summed E-state index contributed by atoms with van der Waals surface area (Å²) in [6.45, 7) is 3.55. The van der Waals surface area contributed by atoms with Gasteiger partial charge in [0.25, 0.3) is 0 Å². The average Bonchev–Trinajstić information content (AvgIpc) is 3.37. The van der Waals surface area contributed by atoms with Crippen molar-refractivity contribution < 1.29 is 53.0 Å². The molecule has 10 heteroatoms. The van der Waals surface area contributed by atoms with Crippen LogP contribution in [-0.2, 0) is 41.9 Å². The first-order chi connectivity index (χ1) is 15.1. The van der Waals surface area contributed by atoms with Crippen molar-refractivity contribution in [1.29, 1.82) is 0 Å². The molecule has 178 valence electrons. The molecule has 0 bridgehead atoms. The molecule has 4 aromatic rings. The molecule has 0 aliphatic rings.